The average molecular weight is 310 g/mol. The highest BCUT2D eigenvalue weighted by molar-refractivity contribution is 5.68. The second kappa shape index (κ2) is 6.55. The number of hydrogen-bond donors (Lipinski definition) is 0. The molecular weight excluding hydrogens is 292 g/mol. The van der Waals surface area contributed by atoms with Crippen molar-refractivity contribution in [3.8, 4) is 22.5 Å². The summed E-state index contributed by atoms with van der Waals surface area (Å²) < 4.78 is 2.09. The predicted octanol–water partition coefficient (Wildman–Crippen LogP) is 5.27. The molecule has 24 heavy (non-hydrogen) atoms. The Kier molecular flexibility index (Phi) is 3.95. The van der Waals surface area contributed by atoms with Crippen LogP contribution in [0.2, 0.25) is 0 Å². The summed E-state index contributed by atoms with van der Waals surface area (Å²) in [5.74, 6) is 0. The summed E-state index contributed by atoms with van der Waals surface area (Å²) in [4.78, 5) is 0. The summed E-state index contributed by atoms with van der Waals surface area (Å²) in [6.45, 7) is 0.762. The van der Waals surface area contributed by atoms with Crippen molar-refractivity contribution in [2.45, 2.75) is 6.54 Å². The van der Waals surface area contributed by atoms with E-state index in [9.17, 15) is 0 Å². The fourth-order valence-corrected chi connectivity index (χ4v) is 2.88. The van der Waals surface area contributed by atoms with Gasteiger partial charge in [0.25, 0.3) is 0 Å². The van der Waals surface area contributed by atoms with Gasteiger partial charge in [0, 0.05) is 5.56 Å². The number of benzene rings is 3. The molecule has 0 N–H and O–H groups in total. The van der Waals surface area contributed by atoms with Crippen molar-refractivity contribution in [3.63, 3.8) is 0 Å². The standard InChI is InChI=1S/C22H18N2/c1-4-10-18(11-5-1)17-24-22(20-14-8-3-9-15-20)16-21(23-24)19-12-6-2-7-13-19/h1-16H,17H2. The Balaban J connectivity index is 1.80. The average Bonchev–Trinajstić information content (AvgIpc) is 3.08. The smallest absolute Gasteiger partial charge is 0.0929 e. The predicted molar refractivity (Wildman–Crippen MR) is 98.6 cm³/mol. The van der Waals surface area contributed by atoms with Gasteiger partial charge in [0.15, 0.2) is 0 Å². The molecule has 4 rings (SSSR count). The Hall–Kier alpha value is -3.13. The number of rotatable bonds is 4. The van der Waals surface area contributed by atoms with E-state index in [0.717, 1.165) is 23.5 Å². The van der Waals surface area contributed by atoms with Crippen molar-refractivity contribution in [2.75, 3.05) is 0 Å². The number of nitrogens with zero attached hydrogens (tertiary/aromatic N) is 2. The van der Waals surface area contributed by atoms with E-state index in [0.29, 0.717) is 0 Å². The molecule has 0 bridgehead atoms. The molecule has 0 saturated heterocycles. The highest BCUT2D eigenvalue weighted by atomic mass is 15.3. The van der Waals surface area contributed by atoms with Gasteiger partial charge in [-0.3, -0.25) is 4.68 Å². The molecule has 0 aliphatic heterocycles. The highest BCUT2D eigenvalue weighted by Gasteiger charge is 2.11. The fourth-order valence-electron chi connectivity index (χ4n) is 2.88. The molecule has 0 unspecified atom stereocenters. The summed E-state index contributed by atoms with van der Waals surface area (Å²) in [6, 6.07) is 33.4. The van der Waals surface area contributed by atoms with Crippen LogP contribution < -0.4 is 0 Å². The molecule has 0 fully saturated rings. The Morgan fingerprint density at radius 1 is 0.625 bits per heavy atom. The molecule has 2 heteroatoms. The molecule has 0 saturated carbocycles. The molecule has 0 aliphatic rings. The molecule has 1 aromatic heterocycles. The van der Waals surface area contributed by atoms with E-state index in [1.165, 1.54) is 11.1 Å². The third-order valence-corrected chi connectivity index (χ3v) is 4.09. The van der Waals surface area contributed by atoms with Crippen molar-refractivity contribution in [3.05, 3.63) is 103 Å². The van der Waals surface area contributed by atoms with E-state index < -0.39 is 0 Å². The van der Waals surface area contributed by atoms with Crippen LogP contribution in [-0.2, 0) is 6.54 Å². The van der Waals surface area contributed by atoms with Crippen molar-refractivity contribution in [1.82, 2.24) is 9.78 Å². The van der Waals surface area contributed by atoms with E-state index in [2.05, 4.69) is 71.4 Å². The van der Waals surface area contributed by atoms with Gasteiger partial charge in [-0.1, -0.05) is 91.0 Å². The van der Waals surface area contributed by atoms with Gasteiger partial charge in [0.05, 0.1) is 17.9 Å². The first-order valence-electron chi connectivity index (χ1n) is 8.13. The quantitative estimate of drug-likeness (QED) is 0.502. The molecule has 2 nitrogen and oxygen atoms in total. The zero-order valence-corrected chi connectivity index (χ0v) is 13.3. The van der Waals surface area contributed by atoms with Crippen LogP contribution >= 0.6 is 0 Å². The zero-order chi connectivity index (χ0) is 16.2. The SMILES string of the molecule is c1ccc(Cn2nc(-c3ccccc3)cc2-c2ccccc2)cc1. The maximum Gasteiger partial charge on any atom is 0.0929 e. The maximum absolute atomic E-state index is 4.87. The third-order valence-electron chi connectivity index (χ3n) is 4.09. The molecule has 3 aromatic carbocycles. The molecule has 1 heterocycles. The Labute approximate surface area is 142 Å². The first-order valence-corrected chi connectivity index (χ1v) is 8.13. The Morgan fingerprint density at radius 2 is 1.17 bits per heavy atom. The van der Waals surface area contributed by atoms with Crippen LogP contribution in [0.5, 0.6) is 0 Å². The van der Waals surface area contributed by atoms with Crippen LogP contribution in [0.4, 0.5) is 0 Å². The second-order valence-corrected chi connectivity index (χ2v) is 5.79. The van der Waals surface area contributed by atoms with Crippen molar-refractivity contribution in [1.29, 1.82) is 0 Å². The summed E-state index contributed by atoms with van der Waals surface area (Å²) in [6.07, 6.45) is 0. The first-order chi connectivity index (χ1) is 11.9. The van der Waals surface area contributed by atoms with Crippen molar-refractivity contribution < 1.29 is 0 Å². The van der Waals surface area contributed by atoms with Gasteiger partial charge in [0.2, 0.25) is 0 Å². The lowest BCUT2D eigenvalue weighted by Gasteiger charge is -2.07. The van der Waals surface area contributed by atoms with Gasteiger partial charge in [-0.2, -0.15) is 5.10 Å². The Bertz CT molecular complexity index is 910. The first kappa shape index (κ1) is 14.5. The second-order valence-electron chi connectivity index (χ2n) is 5.79. The Morgan fingerprint density at radius 3 is 1.79 bits per heavy atom. The summed E-state index contributed by atoms with van der Waals surface area (Å²) in [5, 5.41) is 4.87. The van der Waals surface area contributed by atoms with E-state index in [1.807, 2.05) is 30.3 Å². The van der Waals surface area contributed by atoms with Gasteiger partial charge >= 0.3 is 0 Å². The minimum atomic E-state index is 0.762. The molecule has 0 spiro atoms. The topological polar surface area (TPSA) is 17.8 Å². The van der Waals surface area contributed by atoms with E-state index in [4.69, 9.17) is 5.10 Å². The van der Waals surface area contributed by atoms with Gasteiger partial charge in [-0.05, 0) is 17.2 Å². The van der Waals surface area contributed by atoms with Crippen LogP contribution in [0, 0.1) is 0 Å². The largest absolute Gasteiger partial charge is 0.260 e. The van der Waals surface area contributed by atoms with Gasteiger partial charge in [0.1, 0.15) is 0 Å². The molecule has 4 aromatic rings. The van der Waals surface area contributed by atoms with Crippen LogP contribution in [0.1, 0.15) is 5.56 Å². The van der Waals surface area contributed by atoms with Crippen molar-refractivity contribution >= 4 is 0 Å². The van der Waals surface area contributed by atoms with Crippen LogP contribution in [0.25, 0.3) is 22.5 Å². The zero-order valence-electron chi connectivity index (χ0n) is 13.3. The van der Waals surface area contributed by atoms with Crippen LogP contribution in [-0.4, -0.2) is 9.78 Å². The minimum absolute atomic E-state index is 0.762. The van der Waals surface area contributed by atoms with Crippen LogP contribution in [0.3, 0.4) is 0 Å². The monoisotopic (exact) mass is 310 g/mol. The normalized spacial score (nSPS) is 10.7. The number of aromatic nitrogens is 2. The highest BCUT2D eigenvalue weighted by Crippen LogP contribution is 2.26. The maximum atomic E-state index is 4.87. The van der Waals surface area contributed by atoms with Crippen LogP contribution in [0.15, 0.2) is 97.1 Å². The van der Waals surface area contributed by atoms with Gasteiger partial charge < -0.3 is 0 Å². The summed E-state index contributed by atoms with van der Waals surface area (Å²) in [5.41, 5.74) is 5.71. The molecular formula is C22H18N2. The van der Waals surface area contributed by atoms with E-state index in [1.54, 1.807) is 0 Å². The molecule has 0 aliphatic carbocycles. The molecule has 0 atom stereocenters. The van der Waals surface area contributed by atoms with Crippen molar-refractivity contribution in [2.24, 2.45) is 0 Å². The fraction of sp³-hybridized carbons (Fsp3) is 0.0455. The molecule has 0 amide bonds. The van der Waals surface area contributed by atoms with E-state index in [-0.39, 0.29) is 0 Å². The lowest BCUT2D eigenvalue weighted by molar-refractivity contribution is 0.697. The minimum Gasteiger partial charge on any atom is -0.260 e. The van der Waals surface area contributed by atoms with Gasteiger partial charge in [-0.25, -0.2) is 0 Å². The lowest BCUT2D eigenvalue weighted by atomic mass is 10.1. The summed E-state index contributed by atoms with van der Waals surface area (Å²) in [7, 11) is 0. The number of hydrogen-bond acceptors (Lipinski definition) is 1. The van der Waals surface area contributed by atoms with E-state index >= 15 is 0 Å². The third kappa shape index (κ3) is 2.99. The molecule has 0 radical (unpaired) electrons. The van der Waals surface area contributed by atoms with Gasteiger partial charge in [-0.15, -0.1) is 0 Å². The molecule has 116 valence electrons. The summed E-state index contributed by atoms with van der Waals surface area (Å²) >= 11 is 0. The lowest BCUT2D eigenvalue weighted by Crippen LogP contribution is -2.03.